The molecule has 166 valence electrons. The van der Waals surface area contributed by atoms with Crippen molar-refractivity contribution in [2.75, 3.05) is 98.4 Å². The first-order valence-electron chi connectivity index (χ1n) is 11.1. The zero-order valence-electron chi connectivity index (χ0n) is 17.7. The second-order valence-corrected chi connectivity index (χ2v) is 7.99. The first-order valence-corrected chi connectivity index (χ1v) is 11.1. The van der Waals surface area contributed by atoms with Gasteiger partial charge in [-0.15, -0.1) is 0 Å². The van der Waals surface area contributed by atoms with E-state index in [0.717, 1.165) is 26.2 Å². The van der Waals surface area contributed by atoms with Crippen molar-refractivity contribution in [1.29, 1.82) is 0 Å². The molecule has 3 aliphatic heterocycles. The second kappa shape index (κ2) is 9.23. The van der Waals surface area contributed by atoms with Crippen LogP contribution in [0.1, 0.15) is 0 Å². The van der Waals surface area contributed by atoms with Gasteiger partial charge < -0.3 is 29.1 Å². The Bertz CT molecular complexity index is 866. The van der Waals surface area contributed by atoms with Gasteiger partial charge in [-0.3, -0.25) is 0 Å². The molecule has 3 saturated heterocycles. The molecule has 0 aliphatic carbocycles. The number of nitrogens with zero attached hydrogens (tertiary/aromatic N) is 6. The predicted octanol–water partition coefficient (Wildman–Crippen LogP) is 1.62. The molecule has 0 radical (unpaired) electrons. The molecule has 0 spiro atoms. The van der Waals surface area contributed by atoms with Gasteiger partial charge in [-0.1, -0.05) is 18.2 Å². The Hall–Kier alpha value is -2.65. The third-order valence-corrected chi connectivity index (χ3v) is 6.11. The molecule has 0 saturated carbocycles. The molecular weight excluding hydrogens is 399 g/mol. The van der Waals surface area contributed by atoms with E-state index in [4.69, 9.17) is 14.5 Å². The van der Waals surface area contributed by atoms with Crippen LogP contribution >= 0.6 is 0 Å². The summed E-state index contributed by atoms with van der Waals surface area (Å²) < 4.78 is 26.6. The highest BCUT2D eigenvalue weighted by Crippen LogP contribution is 2.30. The minimum absolute atomic E-state index is 0.327. The third kappa shape index (κ3) is 4.38. The van der Waals surface area contributed by atoms with Gasteiger partial charge in [-0.2, -0.15) is 14.4 Å². The average Bonchev–Trinajstić information content (AvgIpc) is 2.86. The Balaban J connectivity index is 1.41. The molecule has 0 amide bonds. The number of rotatable bonds is 4. The van der Waals surface area contributed by atoms with Gasteiger partial charge in [0.25, 0.3) is 0 Å². The van der Waals surface area contributed by atoms with Crippen LogP contribution in [-0.2, 0) is 9.47 Å². The zero-order valence-corrected chi connectivity index (χ0v) is 17.7. The number of hydrogen-bond acceptors (Lipinski definition) is 8. The molecule has 31 heavy (non-hydrogen) atoms. The second-order valence-electron chi connectivity index (χ2n) is 7.99. The summed E-state index contributed by atoms with van der Waals surface area (Å²) in [6.07, 6.45) is 0. The van der Waals surface area contributed by atoms with Crippen molar-refractivity contribution in [3.63, 3.8) is 0 Å². The molecule has 4 heterocycles. The molecule has 1 aromatic carbocycles. The first-order chi connectivity index (χ1) is 15.3. The maximum absolute atomic E-state index is 15.7. The first kappa shape index (κ1) is 20.3. The van der Waals surface area contributed by atoms with E-state index in [2.05, 4.69) is 43.9 Å². The molecule has 0 atom stereocenters. The summed E-state index contributed by atoms with van der Waals surface area (Å²) >= 11 is 0. The molecular formula is C22H29FN6O2. The van der Waals surface area contributed by atoms with Crippen molar-refractivity contribution in [2.45, 2.75) is 0 Å². The summed E-state index contributed by atoms with van der Waals surface area (Å²) in [5.74, 6) is 1.06. The van der Waals surface area contributed by atoms with Gasteiger partial charge in [0, 0.05) is 58.0 Å². The molecule has 0 unspecified atom stereocenters. The number of piperazine rings is 1. The van der Waals surface area contributed by atoms with Gasteiger partial charge in [-0.25, -0.2) is 0 Å². The van der Waals surface area contributed by atoms with Crippen molar-refractivity contribution in [2.24, 2.45) is 0 Å². The van der Waals surface area contributed by atoms with Crippen LogP contribution in [0.2, 0.25) is 0 Å². The highest BCUT2D eigenvalue weighted by Gasteiger charge is 2.28. The van der Waals surface area contributed by atoms with Gasteiger partial charge in [0.15, 0.2) is 11.6 Å². The van der Waals surface area contributed by atoms with E-state index in [1.165, 1.54) is 5.69 Å². The highest BCUT2D eigenvalue weighted by molar-refractivity contribution is 5.59. The number of aromatic nitrogens is 2. The Morgan fingerprint density at radius 1 is 0.613 bits per heavy atom. The maximum Gasteiger partial charge on any atom is 0.229 e. The lowest BCUT2D eigenvalue weighted by atomic mass is 10.2. The Labute approximate surface area is 182 Å². The molecule has 2 aromatic rings. The van der Waals surface area contributed by atoms with E-state index < -0.39 is 0 Å². The lowest BCUT2D eigenvalue weighted by Crippen LogP contribution is -2.47. The van der Waals surface area contributed by atoms with E-state index in [0.29, 0.717) is 70.2 Å². The smallest absolute Gasteiger partial charge is 0.229 e. The maximum atomic E-state index is 15.7. The number of morpholine rings is 2. The average molecular weight is 429 g/mol. The molecule has 3 aliphatic rings. The Kier molecular flexibility index (Phi) is 6.04. The van der Waals surface area contributed by atoms with Crippen LogP contribution in [0.25, 0.3) is 0 Å². The molecule has 9 heteroatoms. The third-order valence-electron chi connectivity index (χ3n) is 6.11. The lowest BCUT2D eigenvalue weighted by molar-refractivity contribution is 0.121. The van der Waals surface area contributed by atoms with Gasteiger partial charge in [0.2, 0.25) is 11.8 Å². The molecule has 3 fully saturated rings. The number of ether oxygens (including phenoxy) is 2. The van der Waals surface area contributed by atoms with E-state index in [1.54, 1.807) is 0 Å². The fraction of sp³-hybridized carbons (Fsp3) is 0.545. The molecule has 1 aromatic heterocycles. The van der Waals surface area contributed by atoms with Crippen LogP contribution in [0, 0.1) is 5.82 Å². The summed E-state index contributed by atoms with van der Waals surface area (Å²) in [4.78, 5) is 17.8. The number of anilines is 4. The number of hydrogen-bond donors (Lipinski definition) is 0. The van der Waals surface area contributed by atoms with Crippen LogP contribution in [0.5, 0.6) is 0 Å². The van der Waals surface area contributed by atoms with E-state index >= 15 is 4.39 Å². The molecule has 0 bridgehead atoms. The number of halogens is 1. The highest BCUT2D eigenvalue weighted by atomic mass is 19.1. The Morgan fingerprint density at radius 2 is 1.10 bits per heavy atom. The number of benzene rings is 1. The van der Waals surface area contributed by atoms with Crippen molar-refractivity contribution in [3.05, 3.63) is 36.1 Å². The van der Waals surface area contributed by atoms with E-state index in [9.17, 15) is 0 Å². The van der Waals surface area contributed by atoms with Crippen LogP contribution in [0.3, 0.4) is 0 Å². The van der Waals surface area contributed by atoms with Crippen LogP contribution in [-0.4, -0.2) is 88.8 Å². The summed E-state index contributed by atoms with van der Waals surface area (Å²) in [5, 5.41) is 0. The Morgan fingerprint density at radius 3 is 1.68 bits per heavy atom. The molecule has 8 nitrogen and oxygen atoms in total. The fourth-order valence-electron chi connectivity index (χ4n) is 4.33. The normalized spacial score (nSPS) is 20.3. The summed E-state index contributed by atoms with van der Waals surface area (Å²) in [6, 6.07) is 10.4. The van der Waals surface area contributed by atoms with Gasteiger partial charge in [-0.05, 0) is 12.1 Å². The minimum atomic E-state index is -0.327. The fourth-order valence-corrected chi connectivity index (χ4v) is 4.33. The molecule has 5 rings (SSSR count). The minimum Gasteiger partial charge on any atom is -0.378 e. The zero-order chi connectivity index (χ0) is 21.0. The SMILES string of the molecule is Fc1c(N2CCOCC2)nc(N2CCOCC2)nc1N1CCN(c2ccccc2)CC1. The summed E-state index contributed by atoms with van der Waals surface area (Å²) in [6.45, 7) is 8.24. The van der Waals surface area contributed by atoms with E-state index in [-0.39, 0.29) is 5.82 Å². The van der Waals surface area contributed by atoms with E-state index in [1.807, 2.05) is 11.0 Å². The summed E-state index contributed by atoms with van der Waals surface area (Å²) in [5.41, 5.74) is 1.20. The van der Waals surface area contributed by atoms with Crippen LogP contribution < -0.4 is 19.6 Å². The topological polar surface area (TPSA) is 57.2 Å². The standard InChI is InChI=1S/C22H29FN6O2/c23-19-20(27-8-6-26(7-9-27)18-4-2-1-3-5-18)24-22(29-12-16-31-17-13-29)25-21(19)28-10-14-30-15-11-28/h1-5H,6-17H2. The molecule has 0 N–H and O–H groups in total. The summed E-state index contributed by atoms with van der Waals surface area (Å²) in [7, 11) is 0. The lowest BCUT2D eigenvalue weighted by Gasteiger charge is -2.38. The van der Waals surface area contributed by atoms with Gasteiger partial charge >= 0.3 is 0 Å². The van der Waals surface area contributed by atoms with Gasteiger partial charge in [0.05, 0.1) is 26.4 Å². The quantitative estimate of drug-likeness (QED) is 0.728. The van der Waals surface area contributed by atoms with Crippen molar-refractivity contribution >= 4 is 23.3 Å². The van der Waals surface area contributed by atoms with Crippen molar-refractivity contribution < 1.29 is 13.9 Å². The number of para-hydroxylation sites is 1. The van der Waals surface area contributed by atoms with Crippen molar-refractivity contribution in [1.82, 2.24) is 9.97 Å². The van der Waals surface area contributed by atoms with Crippen molar-refractivity contribution in [3.8, 4) is 0 Å². The predicted molar refractivity (Wildman–Crippen MR) is 119 cm³/mol. The monoisotopic (exact) mass is 428 g/mol. The van der Waals surface area contributed by atoms with Gasteiger partial charge in [0.1, 0.15) is 0 Å². The van der Waals surface area contributed by atoms with Crippen LogP contribution in [0.4, 0.5) is 27.7 Å². The van der Waals surface area contributed by atoms with Crippen LogP contribution in [0.15, 0.2) is 30.3 Å². The largest absolute Gasteiger partial charge is 0.378 e.